The summed E-state index contributed by atoms with van der Waals surface area (Å²) in [5.74, 6) is -0.316. The van der Waals surface area contributed by atoms with Crippen LogP contribution in [0.4, 0.5) is 0 Å². The smallest absolute Gasteiger partial charge is 0.249 e. The van der Waals surface area contributed by atoms with Crippen LogP contribution in [0.25, 0.3) is 32.6 Å². The van der Waals surface area contributed by atoms with Gasteiger partial charge in [0.25, 0.3) is 0 Å². The Bertz CT molecular complexity index is 1440. The molecule has 1 aromatic heterocycles. The Morgan fingerprint density at radius 3 is 2.50 bits per heavy atom. The summed E-state index contributed by atoms with van der Waals surface area (Å²) >= 11 is 0. The predicted molar refractivity (Wildman–Crippen MR) is 122 cm³/mol. The maximum Gasteiger partial charge on any atom is 0.249 e. The molecule has 148 valence electrons. The fourth-order valence-electron chi connectivity index (χ4n) is 4.48. The zero-order chi connectivity index (χ0) is 20.8. The van der Waals surface area contributed by atoms with Crippen LogP contribution in [0.15, 0.2) is 72.8 Å². The Morgan fingerprint density at radius 2 is 1.70 bits per heavy atom. The minimum absolute atomic E-state index is 0.180. The molecule has 0 aliphatic carbocycles. The molecule has 4 heteroatoms. The second-order valence-electron chi connectivity index (χ2n) is 7.65. The maximum absolute atomic E-state index is 12.2. The van der Waals surface area contributed by atoms with E-state index in [1.165, 1.54) is 16.3 Å². The van der Waals surface area contributed by atoms with Gasteiger partial charge in [0.05, 0.1) is 16.4 Å². The Kier molecular flexibility index (Phi) is 4.21. The number of fused-ring (bicyclic) bond motifs is 4. The molecule has 1 heterocycles. The van der Waals surface area contributed by atoms with E-state index in [1.54, 1.807) is 12.1 Å². The second kappa shape index (κ2) is 6.92. The summed E-state index contributed by atoms with van der Waals surface area (Å²) < 4.78 is 2.18. The van der Waals surface area contributed by atoms with Crippen LogP contribution in [0.2, 0.25) is 0 Å². The summed E-state index contributed by atoms with van der Waals surface area (Å²) in [6.07, 6.45) is 0.808. The molecule has 1 amide bonds. The Balaban J connectivity index is 1.87. The number of phenolic OH excluding ortho intramolecular Hbond substituents is 1. The van der Waals surface area contributed by atoms with Crippen molar-refractivity contribution in [2.75, 3.05) is 0 Å². The van der Waals surface area contributed by atoms with Crippen LogP contribution in [0.1, 0.15) is 28.4 Å². The van der Waals surface area contributed by atoms with Crippen molar-refractivity contribution in [2.45, 2.75) is 19.9 Å². The van der Waals surface area contributed by atoms with Gasteiger partial charge in [-0.3, -0.25) is 4.79 Å². The zero-order valence-electron chi connectivity index (χ0n) is 16.7. The van der Waals surface area contributed by atoms with E-state index in [4.69, 9.17) is 5.73 Å². The topological polar surface area (TPSA) is 68.2 Å². The number of primary amides is 1. The average Bonchev–Trinajstić information content (AvgIpc) is 3.08. The SMILES string of the molecule is CCc1cc(O)c2c3c(C(N)=O)cccc3n(Cc3cccc4ccccc34)c2c1. The summed E-state index contributed by atoms with van der Waals surface area (Å²) in [7, 11) is 0. The van der Waals surface area contributed by atoms with Crippen molar-refractivity contribution in [3.63, 3.8) is 0 Å². The minimum atomic E-state index is -0.497. The standard InChI is InChI=1S/C26H22N2O2/c1-2-16-13-22-25(23(29)14-16)24-20(26(27)30)11-6-12-21(24)28(22)15-18-9-5-8-17-7-3-4-10-19(17)18/h3-14,29H,2,15H2,1H3,(H2,27,30). The van der Waals surface area contributed by atoms with Crippen molar-refractivity contribution in [2.24, 2.45) is 5.73 Å². The van der Waals surface area contributed by atoms with Gasteiger partial charge < -0.3 is 15.4 Å². The van der Waals surface area contributed by atoms with Gasteiger partial charge in [0.2, 0.25) is 5.91 Å². The predicted octanol–water partition coefficient (Wildman–Crippen LogP) is 5.36. The van der Waals surface area contributed by atoms with Crippen molar-refractivity contribution in [1.82, 2.24) is 4.57 Å². The Labute approximate surface area is 174 Å². The van der Waals surface area contributed by atoms with Crippen molar-refractivity contribution >= 4 is 38.5 Å². The highest BCUT2D eigenvalue weighted by Gasteiger charge is 2.20. The first-order valence-electron chi connectivity index (χ1n) is 10.1. The van der Waals surface area contributed by atoms with E-state index in [0.29, 0.717) is 22.9 Å². The number of amides is 1. The molecule has 0 spiro atoms. The molecule has 0 saturated heterocycles. The highest BCUT2D eigenvalue weighted by molar-refractivity contribution is 6.19. The van der Waals surface area contributed by atoms with Crippen LogP contribution < -0.4 is 5.73 Å². The van der Waals surface area contributed by atoms with E-state index in [9.17, 15) is 9.90 Å². The number of nitrogens with two attached hydrogens (primary N) is 1. The van der Waals surface area contributed by atoms with Crippen LogP contribution in [0, 0.1) is 0 Å². The average molecular weight is 394 g/mol. The van der Waals surface area contributed by atoms with Gasteiger partial charge in [-0.15, -0.1) is 0 Å². The monoisotopic (exact) mass is 394 g/mol. The van der Waals surface area contributed by atoms with Gasteiger partial charge in [-0.05, 0) is 52.6 Å². The van der Waals surface area contributed by atoms with Gasteiger partial charge in [-0.2, -0.15) is 0 Å². The molecule has 0 saturated carbocycles. The Hall–Kier alpha value is -3.79. The van der Waals surface area contributed by atoms with Crippen LogP contribution in [0.5, 0.6) is 5.75 Å². The lowest BCUT2D eigenvalue weighted by molar-refractivity contribution is 0.100. The number of phenols is 1. The number of carbonyl (C=O) groups excluding carboxylic acids is 1. The molecule has 4 aromatic carbocycles. The van der Waals surface area contributed by atoms with Gasteiger partial charge in [-0.25, -0.2) is 0 Å². The Morgan fingerprint density at radius 1 is 0.933 bits per heavy atom. The molecule has 0 unspecified atom stereocenters. The van der Waals surface area contributed by atoms with Crippen molar-refractivity contribution in [1.29, 1.82) is 0 Å². The first kappa shape index (κ1) is 18.3. The van der Waals surface area contributed by atoms with E-state index in [1.807, 2.05) is 24.3 Å². The minimum Gasteiger partial charge on any atom is -0.507 e. The highest BCUT2D eigenvalue weighted by Crippen LogP contribution is 2.39. The highest BCUT2D eigenvalue weighted by atomic mass is 16.3. The molecule has 4 nitrogen and oxygen atoms in total. The molecule has 5 aromatic rings. The van der Waals surface area contributed by atoms with Gasteiger partial charge >= 0.3 is 0 Å². The molecule has 0 bridgehead atoms. The summed E-state index contributed by atoms with van der Waals surface area (Å²) in [4.78, 5) is 12.2. The summed E-state index contributed by atoms with van der Waals surface area (Å²) in [6, 6.07) is 24.1. The number of aryl methyl sites for hydroxylation is 1. The van der Waals surface area contributed by atoms with Crippen molar-refractivity contribution in [3.8, 4) is 5.75 Å². The quantitative estimate of drug-likeness (QED) is 0.431. The van der Waals surface area contributed by atoms with Gasteiger partial charge in [-0.1, -0.05) is 55.5 Å². The van der Waals surface area contributed by atoms with Gasteiger partial charge in [0.15, 0.2) is 0 Å². The lowest BCUT2D eigenvalue weighted by atomic mass is 10.0. The van der Waals surface area contributed by atoms with E-state index in [-0.39, 0.29) is 5.75 Å². The molecule has 30 heavy (non-hydrogen) atoms. The molecule has 0 aliphatic heterocycles. The molecular weight excluding hydrogens is 372 g/mol. The molecule has 0 fully saturated rings. The number of carbonyl (C=O) groups is 1. The van der Waals surface area contributed by atoms with Crippen molar-refractivity contribution < 1.29 is 9.90 Å². The number of rotatable bonds is 4. The van der Waals surface area contributed by atoms with Crippen LogP contribution >= 0.6 is 0 Å². The van der Waals surface area contributed by atoms with Gasteiger partial charge in [0.1, 0.15) is 5.75 Å². The molecule has 3 N–H and O–H groups in total. The number of hydrogen-bond donors (Lipinski definition) is 2. The number of aromatic nitrogens is 1. The van der Waals surface area contributed by atoms with Crippen LogP contribution in [-0.2, 0) is 13.0 Å². The lowest BCUT2D eigenvalue weighted by Gasteiger charge is -2.11. The fourth-order valence-corrected chi connectivity index (χ4v) is 4.48. The first-order valence-corrected chi connectivity index (χ1v) is 10.1. The number of nitrogens with zero attached hydrogens (tertiary/aromatic N) is 1. The third-order valence-corrected chi connectivity index (χ3v) is 5.91. The number of benzene rings is 4. The van der Waals surface area contributed by atoms with Crippen LogP contribution in [-0.4, -0.2) is 15.6 Å². The molecule has 0 radical (unpaired) electrons. The molecule has 0 atom stereocenters. The normalized spacial score (nSPS) is 11.5. The summed E-state index contributed by atoms with van der Waals surface area (Å²) in [5, 5.41) is 14.6. The van der Waals surface area contributed by atoms with E-state index < -0.39 is 5.91 Å². The third kappa shape index (κ3) is 2.72. The molecule has 0 aliphatic rings. The van der Waals surface area contributed by atoms with E-state index in [2.05, 4.69) is 47.9 Å². The third-order valence-electron chi connectivity index (χ3n) is 5.91. The van der Waals surface area contributed by atoms with Gasteiger partial charge in [0, 0.05) is 17.5 Å². The largest absolute Gasteiger partial charge is 0.507 e. The molecule has 5 rings (SSSR count). The maximum atomic E-state index is 12.2. The molecular formula is C26H22N2O2. The summed E-state index contributed by atoms with van der Waals surface area (Å²) in [6.45, 7) is 2.68. The summed E-state index contributed by atoms with van der Waals surface area (Å²) in [5.41, 5.74) is 10.1. The van der Waals surface area contributed by atoms with Crippen LogP contribution in [0.3, 0.4) is 0 Å². The van der Waals surface area contributed by atoms with Crippen molar-refractivity contribution in [3.05, 3.63) is 89.5 Å². The zero-order valence-corrected chi connectivity index (χ0v) is 16.7. The number of hydrogen-bond acceptors (Lipinski definition) is 2. The number of aromatic hydroxyl groups is 1. The lowest BCUT2D eigenvalue weighted by Crippen LogP contribution is -2.11. The second-order valence-corrected chi connectivity index (χ2v) is 7.65. The van der Waals surface area contributed by atoms with E-state index in [0.717, 1.165) is 23.0 Å². The fraction of sp³-hybridized carbons (Fsp3) is 0.115. The first-order chi connectivity index (χ1) is 14.6. The van der Waals surface area contributed by atoms with E-state index >= 15 is 0 Å².